The van der Waals surface area contributed by atoms with Gasteiger partial charge in [-0.2, -0.15) is 0 Å². The molecule has 1 aliphatic carbocycles. The molecular formula is C29H27NO3. The fourth-order valence-corrected chi connectivity index (χ4v) is 5.24. The van der Waals surface area contributed by atoms with Crippen LogP contribution >= 0.6 is 0 Å². The molecule has 3 aromatic rings. The van der Waals surface area contributed by atoms with E-state index in [0.717, 1.165) is 22.3 Å². The summed E-state index contributed by atoms with van der Waals surface area (Å²) < 4.78 is 5.84. The highest BCUT2D eigenvalue weighted by molar-refractivity contribution is 6.01. The maximum Gasteiger partial charge on any atom is 0.324 e. The third-order valence-electron chi connectivity index (χ3n) is 6.89. The van der Waals surface area contributed by atoms with Crippen molar-refractivity contribution in [2.75, 3.05) is 6.54 Å². The predicted molar refractivity (Wildman–Crippen MR) is 127 cm³/mol. The topological polar surface area (TPSA) is 46.6 Å². The summed E-state index contributed by atoms with van der Waals surface area (Å²) in [5.74, 6) is -0.766. The number of carbonyl (C=O) groups excluding carboxylic acids is 2. The molecule has 1 aliphatic heterocycles. The van der Waals surface area contributed by atoms with Gasteiger partial charge in [0.1, 0.15) is 12.6 Å². The van der Waals surface area contributed by atoms with Crippen LogP contribution in [0.25, 0.3) is 0 Å². The second-order valence-electron chi connectivity index (χ2n) is 8.83. The van der Waals surface area contributed by atoms with Gasteiger partial charge in [0, 0.05) is 18.5 Å². The Labute approximate surface area is 194 Å². The molecule has 0 N–H and O–H groups in total. The summed E-state index contributed by atoms with van der Waals surface area (Å²) in [7, 11) is 0. The summed E-state index contributed by atoms with van der Waals surface area (Å²) in [5, 5.41) is 0. The molecule has 0 unspecified atom stereocenters. The van der Waals surface area contributed by atoms with Crippen molar-refractivity contribution in [2.24, 2.45) is 5.92 Å². The number of nitrogens with zero attached hydrogens (tertiary/aromatic N) is 1. The molecule has 166 valence electrons. The third kappa shape index (κ3) is 4.14. The van der Waals surface area contributed by atoms with Gasteiger partial charge < -0.3 is 4.74 Å². The number of fused-ring (bicyclic) bond motifs is 1. The number of allylic oxidation sites excluding steroid dienone is 1. The minimum Gasteiger partial charge on any atom is -0.460 e. The number of benzene rings is 3. The lowest BCUT2D eigenvalue weighted by Crippen LogP contribution is -2.44. The highest BCUT2D eigenvalue weighted by atomic mass is 16.5. The molecule has 0 saturated carbocycles. The van der Waals surface area contributed by atoms with Gasteiger partial charge in [-0.3, -0.25) is 14.5 Å². The lowest BCUT2D eigenvalue weighted by molar-refractivity contribution is -0.152. The first-order valence-corrected chi connectivity index (χ1v) is 11.4. The van der Waals surface area contributed by atoms with E-state index in [1.54, 1.807) is 6.08 Å². The van der Waals surface area contributed by atoms with Gasteiger partial charge in [0.25, 0.3) is 0 Å². The molecule has 4 nitrogen and oxygen atoms in total. The van der Waals surface area contributed by atoms with Crippen LogP contribution in [-0.4, -0.2) is 29.2 Å². The number of hydrogen-bond acceptors (Lipinski definition) is 4. The molecule has 1 heterocycles. The van der Waals surface area contributed by atoms with Gasteiger partial charge in [0.15, 0.2) is 5.78 Å². The zero-order valence-corrected chi connectivity index (χ0v) is 18.6. The van der Waals surface area contributed by atoms with E-state index < -0.39 is 6.04 Å². The third-order valence-corrected chi connectivity index (χ3v) is 6.89. The molecule has 1 fully saturated rings. The number of ketones is 1. The molecule has 0 bridgehead atoms. The molecule has 0 radical (unpaired) electrons. The van der Waals surface area contributed by atoms with Gasteiger partial charge >= 0.3 is 5.97 Å². The normalized spacial score (nSPS) is 23.1. The van der Waals surface area contributed by atoms with Crippen LogP contribution in [0, 0.1) is 5.92 Å². The number of ether oxygens (including phenoxy) is 1. The van der Waals surface area contributed by atoms with E-state index in [-0.39, 0.29) is 36.2 Å². The van der Waals surface area contributed by atoms with E-state index in [1.165, 1.54) is 0 Å². The zero-order valence-electron chi connectivity index (χ0n) is 18.6. The standard InChI is InChI=1S/C29H27NO3/c1-20(22-13-7-3-8-14-22)30-18-24-17-25(31)26(23-15-9-4-10-16-23)27(24)28(30)29(32)33-19-21-11-5-2-6-12-21/h2-17,20,26-28H,18-19H2,1H3/t20-,26+,27+,28-/m0/s1. The Morgan fingerprint density at radius 1 is 0.939 bits per heavy atom. The Morgan fingerprint density at radius 3 is 2.21 bits per heavy atom. The van der Waals surface area contributed by atoms with Crippen LogP contribution in [0.3, 0.4) is 0 Å². The number of rotatable bonds is 6. The minimum atomic E-state index is -0.521. The van der Waals surface area contributed by atoms with Gasteiger partial charge in [-0.1, -0.05) is 91.0 Å². The van der Waals surface area contributed by atoms with Gasteiger partial charge in [0.2, 0.25) is 0 Å². The minimum absolute atomic E-state index is 0.0125. The summed E-state index contributed by atoms with van der Waals surface area (Å²) in [6, 6.07) is 29.2. The molecular weight excluding hydrogens is 410 g/mol. The van der Waals surface area contributed by atoms with Crippen molar-refractivity contribution in [3.05, 3.63) is 119 Å². The average Bonchev–Trinajstić information content (AvgIpc) is 3.38. The highest BCUT2D eigenvalue weighted by Gasteiger charge is 2.53. The van der Waals surface area contributed by atoms with Gasteiger partial charge in [-0.05, 0) is 35.3 Å². The molecule has 5 rings (SSSR count). The van der Waals surface area contributed by atoms with Gasteiger partial charge in [0.05, 0.1) is 5.92 Å². The zero-order chi connectivity index (χ0) is 22.8. The predicted octanol–water partition coefficient (Wildman–Crippen LogP) is 5.08. The second kappa shape index (κ2) is 9.16. The molecule has 0 aromatic heterocycles. The van der Waals surface area contributed by atoms with Crippen LogP contribution < -0.4 is 0 Å². The van der Waals surface area contributed by atoms with Crippen molar-refractivity contribution in [3.63, 3.8) is 0 Å². The fourth-order valence-electron chi connectivity index (χ4n) is 5.24. The molecule has 33 heavy (non-hydrogen) atoms. The number of esters is 1. The Balaban J connectivity index is 1.48. The quantitative estimate of drug-likeness (QED) is 0.505. The smallest absolute Gasteiger partial charge is 0.324 e. The largest absolute Gasteiger partial charge is 0.460 e. The Morgan fingerprint density at radius 2 is 1.55 bits per heavy atom. The Bertz CT molecular complexity index is 1160. The van der Waals surface area contributed by atoms with E-state index in [1.807, 2.05) is 78.9 Å². The maximum absolute atomic E-state index is 13.6. The lowest BCUT2D eigenvalue weighted by Gasteiger charge is -2.33. The van der Waals surface area contributed by atoms with Crippen molar-refractivity contribution < 1.29 is 14.3 Å². The molecule has 0 spiro atoms. The summed E-state index contributed by atoms with van der Waals surface area (Å²) in [6.45, 7) is 2.92. The first kappa shape index (κ1) is 21.4. The van der Waals surface area contributed by atoms with Crippen LogP contribution in [0.1, 0.15) is 35.6 Å². The van der Waals surface area contributed by atoms with Crippen LogP contribution in [0.15, 0.2) is 103 Å². The molecule has 0 amide bonds. The molecule has 4 atom stereocenters. The summed E-state index contributed by atoms with van der Waals surface area (Å²) in [4.78, 5) is 28.8. The van der Waals surface area contributed by atoms with E-state index in [9.17, 15) is 9.59 Å². The van der Waals surface area contributed by atoms with Gasteiger partial charge in [-0.15, -0.1) is 0 Å². The SMILES string of the molecule is C[C@@H](c1ccccc1)N1CC2=CC(=O)[C@@H](c3ccccc3)[C@@H]2[C@H]1C(=O)OCc1ccccc1. The van der Waals surface area contributed by atoms with Crippen molar-refractivity contribution in [2.45, 2.75) is 31.5 Å². The summed E-state index contributed by atoms with van der Waals surface area (Å²) in [6.07, 6.45) is 1.76. The molecule has 2 aliphatic rings. The van der Waals surface area contributed by atoms with E-state index in [2.05, 4.69) is 24.0 Å². The van der Waals surface area contributed by atoms with Crippen molar-refractivity contribution in [1.29, 1.82) is 0 Å². The summed E-state index contributed by atoms with van der Waals surface area (Å²) in [5.41, 5.74) is 4.07. The Hall–Kier alpha value is -3.50. The highest BCUT2D eigenvalue weighted by Crippen LogP contribution is 2.48. The van der Waals surface area contributed by atoms with Crippen LogP contribution in [0.5, 0.6) is 0 Å². The fraction of sp³-hybridized carbons (Fsp3) is 0.241. The maximum atomic E-state index is 13.6. The van der Waals surface area contributed by atoms with E-state index in [4.69, 9.17) is 4.74 Å². The monoisotopic (exact) mass is 437 g/mol. The summed E-state index contributed by atoms with van der Waals surface area (Å²) >= 11 is 0. The lowest BCUT2D eigenvalue weighted by atomic mass is 9.82. The first-order chi connectivity index (χ1) is 16.1. The molecule has 1 saturated heterocycles. The van der Waals surface area contributed by atoms with Crippen molar-refractivity contribution in [3.8, 4) is 0 Å². The average molecular weight is 438 g/mol. The number of carbonyl (C=O) groups is 2. The van der Waals surface area contributed by atoms with Gasteiger partial charge in [-0.25, -0.2) is 0 Å². The molecule has 4 heteroatoms. The Kier molecular flexibility index (Phi) is 5.93. The van der Waals surface area contributed by atoms with Crippen LogP contribution in [0.4, 0.5) is 0 Å². The van der Waals surface area contributed by atoms with E-state index >= 15 is 0 Å². The number of hydrogen-bond donors (Lipinski definition) is 0. The second-order valence-corrected chi connectivity index (χ2v) is 8.83. The van der Waals surface area contributed by atoms with Crippen molar-refractivity contribution >= 4 is 11.8 Å². The van der Waals surface area contributed by atoms with Crippen molar-refractivity contribution in [1.82, 2.24) is 4.90 Å². The van der Waals surface area contributed by atoms with E-state index in [0.29, 0.717) is 6.54 Å². The number of likely N-dealkylation sites (tertiary alicyclic amines) is 1. The molecule has 3 aromatic carbocycles. The van der Waals surface area contributed by atoms with Crippen LogP contribution in [0.2, 0.25) is 0 Å². The first-order valence-electron chi connectivity index (χ1n) is 11.4. The van der Waals surface area contributed by atoms with Crippen LogP contribution in [-0.2, 0) is 20.9 Å².